The van der Waals surface area contributed by atoms with E-state index in [1.54, 1.807) is 0 Å². The Hall–Kier alpha value is -2.50. The van der Waals surface area contributed by atoms with Crippen LogP contribution in [-0.4, -0.2) is 87.2 Å². The summed E-state index contributed by atoms with van der Waals surface area (Å²) >= 11 is 0. The van der Waals surface area contributed by atoms with Crippen LogP contribution in [0.4, 0.5) is 0 Å². The first-order chi connectivity index (χ1) is 30.1. The maximum atomic E-state index is 14.1. The number of fused-ring (bicyclic) bond motifs is 7. The summed E-state index contributed by atoms with van der Waals surface area (Å²) in [7, 11) is -1.62. The molecule has 8 aliphatic rings. The van der Waals surface area contributed by atoms with Gasteiger partial charge < -0.3 is 19.5 Å². The molecule has 1 saturated heterocycles. The molecular formula is C53H80N2O8S. The zero-order valence-electron chi connectivity index (χ0n) is 40.6. The normalized spacial score (nSPS) is 42.8. The maximum Gasteiger partial charge on any atom is 0.324 e. The van der Waals surface area contributed by atoms with Gasteiger partial charge in [-0.15, -0.1) is 0 Å². The Morgan fingerprint density at radius 1 is 0.734 bits per heavy atom. The van der Waals surface area contributed by atoms with Crippen LogP contribution in [0, 0.1) is 73.9 Å². The van der Waals surface area contributed by atoms with Crippen molar-refractivity contribution in [3.63, 3.8) is 0 Å². The first kappa shape index (κ1) is 46.6. The number of esters is 3. The SMILES string of the molecule is COC(=O)[C@@H](CN[C@]12CCC(C3(C)CC3)[C@@H]1[C@H]1CC[C@@H]3[C@@]4(C)CC[C@H](OC(=O)[C@H]5C[C@@H](C(=O)OCc6ccccc6)C5(C)C)C(C)(C)[C@@H]4CC[C@@]3(C)[C@]1(C)CC2)N1CCS(=O)(=O)CC1. The number of carbonyl (C=O) groups excluding carboxylic acids is 3. The highest BCUT2D eigenvalue weighted by Gasteiger charge is 2.72. The third-order valence-electron chi connectivity index (χ3n) is 21.6. The Kier molecular flexibility index (Phi) is 11.7. The van der Waals surface area contributed by atoms with Crippen molar-refractivity contribution in [2.45, 2.75) is 163 Å². The van der Waals surface area contributed by atoms with Crippen molar-refractivity contribution in [3.8, 4) is 0 Å². The van der Waals surface area contributed by atoms with Gasteiger partial charge in [-0.05, 0) is 146 Å². The van der Waals surface area contributed by atoms with Crippen molar-refractivity contribution in [1.29, 1.82) is 0 Å². The zero-order chi connectivity index (χ0) is 45.9. The summed E-state index contributed by atoms with van der Waals surface area (Å²) < 4.78 is 42.4. The second kappa shape index (κ2) is 16.1. The van der Waals surface area contributed by atoms with Gasteiger partial charge in [0.15, 0.2) is 9.84 Å². The number of hydrogen-bond donors (Lipinski definition) is 1. The molecule has 64 heavy (non-hydrogen) atoms. The summed E-state index contributed by atoms with van der Waals surface area (Å²) in [6, 6.07) is 9.25. The Balaban J connectivity index is 0.896. The van der Waals surface area contributed by atoms with Crippen LogP contribution in [0.2, 0.25) is 0 Å². The molecule has 10 nitrogen and oxygen atoms in total. The number of sulfone groups is 1. The van der Waals surface area contributed by atoms with Crippen molar-refractivity contribution < 1.29 is 37.0 Å². The van der Waals surface area contributed by atoms with E-state index in [2.05, 4.69) is 46.9 Å². The molecule has 0 aromatic heterocycles. The lowest BCUT2D eigenvalue weighted by atomic mass is 9.32. The van der Waals surface area contributed by atoms with E-state index in [9.17, 15) is 22.8 Å². The molecule has 1 aromatic rings. The van der Waals surface area contributed by atoms with Crippen LogP contribution >= 0.6 is 0 Å². The van der Waals surface area contributed by atoms with E-state index < -0.39 is 21.3 Å². The van der Waals surface area contributed by atoms with Gasteiger partial charge in [-0.25, -0.2) is 8.42 Å². The highest BCUT2D eigenvalue weighted by atomic mass is 32.2. The molecule has 0 radical (unpaired) electrons. The quantitative estimate of drug-likeness (QED) is 0.170. The molecule has 11 heteroatoms. The van der Waals surface area contributed by atoms with Gasteiger partial charge in [0.05, 0.1) is 30.5 Å². The van der Waals surface area contributed by atoms with Crippen LogP contribution in [0.5, 0.6) is 0 Å². The first-order valence-corrected chi connectivity index (χ1v) is 27.1. The average molecular weight is 905 g/mol. The topological polar surface area (TPSA) is 128 Å². The van der Waals surface area contributed by atoms with E-state index in [1.807, 2.05) is 49.1 Å². The molecule has 1 aromatic carbocycles. The van der Waals surface area contributed by atoms with Crippen LogP contribution in [0.3, 0.4) is 0 Å². The molecule has 356 valence electrons. The summed E-state index contributed by atoms with van der Waals surface area (Å²) in [5.74, 6) is 1.69. The number of carbonyl (C=O) groups is 3. The lowest BCUT2D eigenvalue weighted by molar-refractivity contribution is -0.250. The van der Waals surface area contributed by atoms with E-state index in [4.69, 9.17) is 14.2 Å². The maximum absolute atomic E-state index is 14.1. The lowest BCUT2D eigenvalue weighted by Gasteiger charge is -2.73. The molecule has 13 atom stereocenters. The minimum atomic E-state index is -3.08. The highest BCUT2D eigenvalue weighted by molar-refractivity contribution is 7.91. The van der Waals surface area contributed by atoms with Gasteiger partial charge in [0.2, 0.25) is 0 Å². The first-order valence-electron chi connectivity index (χ1n) is 25.2. The number of ether oxygens (including phenoxy) is 3. The minimum Gasteiger partial charge on any atom is -0.468 e. The van der Waals surface area contributed by atoms with Crippen LogP contribution in [0.25, 0.3) is 0 Å². The van der Waals surface area contributed by atoms with Gasteiger partial charge in [-0.2, -0.15) is 0 Å². The molecule has 8 fully saturated rings. The van der Waals surface area contributed by atoms with Gasteiger partial charge in [0.1, 0.15) is 18.8 Å². The Bertz CT molecular complexity index is 2070. The minimum absolute atomic E-state index is 0.0414. The third kappa shape index (κ3) is 7.35. The molecule has 7 aliphatic carbocycles. The smallest absolute Gasteiger partial charge is 0.324 e. The van der Waals surface area contributed by atoms with E-state index >= 15 is 0 Å². The van der Waals surface area contributed by atoms with Crippen molar-refractivity contribution in [1.82, 2.24) is 10.2 Å². The highest BCUT2D eigenvalue weighted by Crippen LogP contribution is 2.78. The third-order valence-corrected chi connectivity index (χ3v) is 23.2. The van der Waals surface area contributed by atoms with Crippen LogP contribution < -0.4 is 5.32 Å². The Labute approximate surface area is 384 Å². The fourth-order valence-electron chi connectivity index (χ4n) is 17.0. The summed E-state index contributed by atoms with van der Waals surface area (Å²) in [6.45, 7) is 20.8. The van der Waals surface area contributed by atoms with Crippen molar-refractivity contribution >= 4 is 27.7 Å². The Morgan fingerprint density at radius 3 is 2.08 bits per heavy atom. The van der Waals surface area contributed by atoms with Crippen LogP contribution in [0.15, 0.2) is 30.3 Å². The summed E-state index contributed by atoms with van der Waals surface area (Å²) in [5.41, 5.74) is 1.09. The molecular weight excluding hydrogens is 825 g/mol. The number of nitrogens with zero attached hydrogens (tertiary/aromatic N) is 1. The molecule has 7 saturated carbocycles. The predicted octanol–water partition coefficient (Wildman–Crippen LogP) is 8.80. The number of hydrogen-bond acceptors (Lipinski definition) is 10. The Morgan fingerprint density at radius 2 is 1.42 bits per heavy atom. The average Bonchev–Trinajstić information content (AvgIpc) is 3.87. The lowest BCUT2D eigenvalue weighted by Crippen LogP contribution is -2.69. The van der Waals surface area contributed by atoms with Crippen molar-refractivity contribution in [2.75, 3.05) is 38.2 Å². The standard InChI is InChI=1S/C53H80N2O8S/c1-47(2)37(44(56)62-33-34-13-11-10-12-14-34)31-38(47)45(57)63-42-19-20-50(6)40(48(42,3)4)18-21-52(8)41(50)16-15-36-43-35(49(5)23-24-49)17-22-53(43,26-25-51(36,52)7)54-32-39(46(58)61-9)55-27-29-64(59,60)30-28-55/h10-14,35-43,54H,15-33H2,1-9H3/t35?,36-,37+,38-,39-,40+,41-,42+,43-,50+,51-,52-,53+/m1/s1. The number of benzene rings is 1. The van der Waals surface area contributed by atoms with Crippen molar-refractivity contribution in [2.24, 2.45) is 73.9 Å². The van der Waals surface area contributed by atoms with E-state index in [1.165, 1.54) is 52.1 Å². The molecule has 1 unspecified atom stereocenters. The summed E-state index contributed by atoms with van der Waals surface area (Å²) in [4.78, 5) is 42.7. The molecule has 0 amide bonds. The fourth-order valence-corrected chi connectivity index (χ4v) is 18.3. The number of methoxy groups -OCH3 is 1. The molecule has 1 heterocycles. The molecule has 0 bridgehead atoms. The van der Waals surface area contributed by atoms with Gasteiger partial charge in [-0.1, -0.05) is 85.7 Å². The molecule has 1 aliphatic heterocycles. The van der Waals surface area contributed by atoms with Crippen molar-refractivity contribution in [3.05, 3.63) is 35.9 Å². The summed E-state index contributed by atoms with van der Waals surface area (Å²) in [5, 5.41) is 4.16. The number of nitrogens with one attached hydrogen (secondary N) is 1. The number of rotatable bonds is 11. The second-order valence-corrected chi connectivity index (χ2v) is 27.1. The van der Waals surface area contributed by atoms with Gasteiger partial charge in [0.25, 0.3) is 0 Å². The largest absolute Gasteiger partial charge is 0.468 e. The zero-order valence-corrected chi connectivity index (χ0v) is 41.5. The van der Waals surface area contributed by atoms with Gasteiger partial charge >= 0.3 is 17.9 Å². The van der Waals surface area contributed by atoms with Crippen LogP contribution in [0.1, 0.15) is 144 Å². The van der Waals surface area contributed by atoms with Crippen LogP contribution in [-0.2, 0) is 45.0 Å². The van der Waals surface area contributed by atoms with E-state index in [0.717, 1.165) is 37.7 Å². The van der Waals surface area contributed by atoms with E-state index in [-0.39, 0.29) is 81.2 Å². The fraction of sp³-hybridized carbons (Fsp3) is 0.830. The van der Waals surface area contributed by atoms with E-state index in [0.29, 0.717) is 61.1 Å². The summed E-state index contributed by atoms with van der Waals surface area (Å²) in [6.07, 6.45) is 14.3. The molecule has 0 spiro atoms. The second-order valence-electron chi connectivity index (χ2n) is 24.8. The molecule has 9 rings (SSSR count). The monoisotopic (exact) mass is 905 g/mol. The van der Waals surface area contributed by atoms with Gasteiger partial charge in [0, 0.05) is 30.6 Å². The molecule has 1 N–H and O–H groups in total. The predicted molar refractivity (Wildman–Crippen MR) is 247 cm³/mol. The van der Waals surface area contributed by atoms with Gasteiger partial charge in [-0.3, -0.25) is 19.3 Å².